The van der Waals surface area contributed by atoms with Crippen molar-refractivity contribution < 1.29 is 19.0 Å². The first-order chi connectivity index (χ1) is 11.6. The standard InChI is InChI=1S/C18H18ClNO4/c1-11-4-5-12(8-15(11)22-2)18(21)20-14-10-17-16(9-13(14)19)23-6-3-7-24-17/h4-5,8-10H,3,6-7H2,1-2H3,(H,20,21). The minimum atomic E-state index is -0.273. The Morgan fingerprint density at radius 3 is 2.58 bits per heavy atom. The van der Waals surface area contributed by atoms with Gasteiger partial charge in [-0.05, 0) is 24.6 Å². The Hall–Kier alpha value is -2.40. The van der Waals surface area contributed by atoms with Gasteiger partial charge in [-0.15, -0.1) is 0 Å². The number of benzene rings is 2. The van der Waals surface area contributed by atoms with Crippen molar-refractivity contribution in [3.63, 3.8) is 0 Å². The molecule has 1 heterocycles. The van der Waals surface area contributed by atoms with E-state index < -0.39 is 0 Å². The van der Waals surface area contributed by atoms with E-state index in [0.717, 1.165) is 12.0 Å². The summed E-state index contributed by atoms with van der Waals surface area (Å²) in [4.78, 5) is 12.5. The van der Waals surface area contributed by atoms with Gasteiger partial charge in [0.15, 0.2) is 11.5 Å². The van der Waals surface area contributed by atoms with Crippen LogP contribution in [0.2, 0.25) is 5.02 Å². The molecule has 0 aromatic heterocycles. The fraction of sp³-hybridized carbons (Fsp3) is 0.278. The molecule has 0 radical (unpaired) electrons. The molecule has 0 saturated carbocycles. The molecule has 1 aliphatic heterocycles. The van der Waals surface area contributed by atoms with Gasteiger partial charge >= 0.3 is 0 Å². The number of rotatable bonds is 3. The Balaban J connectivity index is 1.85. The molecule has 1 amide bonds. The lowest BCUT2D eigenvalue weighted by Crippen LogP contribution is -2.12. The Morgan fingerprint density at radius 2 is 1.88 bits per heavy atom. The van der Waals surface area contributed by atoms with Crippen LogP contribution in [-0.4, -0.2) is 26.2 Å². The molecule has 1 N–H and O–H groups in total. The first-order valence-electron chi connectivity index (χ1n) is 7.63. The van der Waals surface area contributed by atoms with E-state index in [0.29, 0.717) is 46.7 Å². The van der Waals surface area contributed by atoms with Crippen molar-refractivity contribution in [2.24, 2.45) is 0 Å². The number of hydrogen-bond donors (Lipinski definition) is 1. The first kappa shape index (κ1) is 16.5. The zero-order valence-electron chi connectivity index (χ0n) is 13.5. The van der Waals surface area contributed by atoms with Gasteiger partial charge in [0.25, 0.3) is 5.91 Å². The van der Waals surface area contributed by atoms with Crippen molar-refractivity contribution in [3.05, 3.63) is 46.5 Å². The second-order valence-electron chi connectivity index (χ2n) is 5.47. The summed E-state index contributed by atoms with van der Waals surface area (Å²) in [5.74, 6) is 1.55. The average molecular weight is 348 g/mol. The Labute approximate surface area is 145 Å². The van der Waals surface area contributed by atoms with Crippen LogP contribution >= 0.6 is 11.6 Å². The molecule has 0 unspecified atom stereocenters. The van der Waals surface area contributed by atoms with Crippen molar-refractivity contribution in [1.82, 2.24) is 0 Å². The van der Waals surface area contributed by atoms with Crippen LogP contribution in [0.1, 0.15) is 22.3 Å². The zero-order valence-corrected chi connectivity index (χ0v) is 14.3. The number of carbonyl (C=O) groups excluding carboxylic acids is 1. The van der Waals surface area contributed by atoms with Crippen LogP contribution < -0.4 is 19.5 Å². The number of hydrogen-bond acceptors (Lipinski definition) is 4. The Morgan fingerprint density at radius 1 is 1.17 bits per heavy atom. The van der Waals surface area contributed by atoms with E-state index in [9.17, 15) is 4.79 Å². The molecule has 1 aliphatic rings. The van der Waals surface area contributed by atoms with Gasteiger partial charge < -0.3 is 19.5 Å². The molecular weight excluding hydrogens is 330 g/mol. The molecule has 2 aromatic rings. The lowest BCUT2D eigenvalue weighted by Gasteiger charge is -2.13. The van der Waals surface area contributed by atoms with E-state index in [1.54, 1.807) is 31.4 Å². The molecule has 24 heavy (non-hydrogen) atoms. The van der Waals surface area contributed by atoms with Crippen LogP contribution in [0.25, 0.3) is 0 Å². The van der Waals surface area contributed by atoms with Crippen LogP contribution in [-0.2, 0) is 0 Å². The first-order valence-corrected chi connectivity index (χ1v) is 8.01. The third-order valence-corrected chi connectivity index (χ3v) is 4.07. The third-order valence-electron chi connectivity index (χ3n) is 3.76. The fourth-order valence-electron chi connectivity index (χ4n) is 2.44. The number of carbonyl (C=O) groups is 1. The van der Waals surface area contributed by atoms with Crippen LogP contribution in [0, 0.1) is 6.92 Å². The maximum atomic E-state index is 12.5. The van der Waals surface area contributed by atoms with Crippen molar-refractivity contribution >= 4 is 23.2 Å². The van der Waals surface area contributed by atoms with E-state index in [1.807, 2.05) is 13.0 Å². The predicted molar refractivity (Wildman–Crippen MR) is 92.7 cm³/mol. The maximum Gasteiger partial charge on any atom is 0.255 e. The van der Waals surface area contributed by atoms with E-state index in [1.165, 1.54) is 0 Å². The summed E-state index contributed by atoms with van der Waals surface area (Å²) in [5, 5.41) is 3.20. The van der Waals surface area contributed by atoms with Crippen molar-refractivity contribution in [2.75, 3.05) is 25.6 Å². The number of ether oxygens (including phenoxy) is 3. The highest BCUT2D eigenvalue weighted by molar-refractivity contribution is 6.34. The molecule has 0 fully saturated rings. The monoisotopic (exact) mass is 347 g/mol. The molecular formula is C18H18ClNO4. The molecule has 2 aromatic carbocycles. The van der Waals surface area contributed by atoms with Gasteiger partial charge in [-0.25, -0.2) is 0 Å². The minimum absolute atomic E-state index is 0.273. The lowest BCUT2D eigenvalue weighted by molar-refractivity contribution is 0.102. The molecule has 0 aliphatic carbocycles. The van der Waals surface area contributed by atoms with E-state index in [4.69, 9.17) is 25.8 Å². The SMILES string of the molecule is COc1cc(C(=O)Nc2cc3c(cc2Cl)OCCCO3)ccc1C. The van der Waals surface area contributed by atoms with Gasteiger partial charge in [0.05, 0.1) is 31.0 Å². The number of aryl methyl sites for hydroxylation is 1. The van der Waals surface area contributed by atoms with Crippen LogP contribution in [0.15, 0.2) is 30.3 Å². The Kier molecular flexibility index (Phi) is 4.81. The summed E-state index contributed by atoms with van der Waals surface area (Å²) < 4.78 is 16.5. The highest BCUT2D eigenvalue weighted by Gasteiger charge is 2.16. The average Bonchev–Trinajstić information content (AvgIpc) is 2.80. The zero-order chi connectivity index (χ0) is 17.1. The molecule has 0 bridgehead atoms. The molecule has 3 rings (SSSR count). The van der Waals surface area contributed by atoms with Crippen LogP contribution in [0.3, 0.4) is 0 Å². The summed E-state index contributed by atoms with van der Waals surface area (Å²) in [6.07, 6.45) is 0.803. The fourth-order valence-corrected chi connectivity index (χ4v) is 2.64. The maximum absolute atomic E-state index is 12.5. The minimum Gasteiger partial charge on any atom is -0.496 e. The third kappa shape index (κ3) is 3.41. The summed E-state index contributed by atoms with van der Waals surface area (Å²) in [6.45, 7) is 3.07. The molecule has 126 valence electrons. The number of anilines is 1. The van der Waals surface area contributed by atoms with Gasteiger partial charge in [0, 0.05) is 24.1 Å². The number of nitrogens with one attached hydrogen (secondary N) is 1. The molecule has 0 atom stereocenters. The number of halogens is 1. The number of fused-ring (bicyclic) bond motifs is 1. The second-order valence-corrected chi connectivity index (χ2v) is 5.87. The molecule has 0 saturated heterocycles. The molecule has 5 nitrogen and oxygen atoms in total. The van der Waals surface area contributed by atoms with Crippen LogP contribution in [0.4, 0.5) is 5.69 Å². The summed E-state index contributed by atoms with van der Waals surface area (Å²) in [5.41, 5.74) is 1.92. The second kappa shape index (κ2) is 7.01. The lowest BCUT2D eigenvalue weighted by atomic mass is 10.1. The van der Waals surface area contributed by atoms with Gasteiger partial charge in [0.2, 0.25) is 0 Å². The summed E-state index contributed by atoms with van der Waals surface area (Å²) in [7, 11) is 1.57. The van der Waals surface area contributed by atoms with Gasteiger partial charge in [0.1, 0.15) is 5.75 Å². The highest BCUT2D eigenvalue weighted by Crippen LogP contribution is 2.37. The summed E-state index contributed by atoms with van der Waals surface area (Å²) >= 11 is 6.25. The van der Waals surface area contributed by atoms with Gasteiger partial charge in [-0.2, -0.15) is 0 Å². The normalized spacial score (nSPS) is 13.1. The van der Waals surface area contributed by atoms with E-state index in [-0.39, 0.29) is 5.91 Å². The largest absolute Gasteiger partial charge is 0.496 e. The highest BCUT2D eigenvalue weighted by atomic mass is 35.5. The quantitative estimate of drug-likeness (QED) is 0.909. The smallest absolute Gasteiger partial charge is 0.255 e. The molecule has 6 heteroatoms. The van der Waals surface area contributed by atoms with E-state index in [2.05, 4.69) is 5.32 Å². The number of amides is 1. The van der Waals surface area contributed by atoms with Crippen molar-refractivity contribution in [1.29, 1.82) is 0 Å². The predicted octanol–water partition coefficient (Wildman–Crippen LogP) is 4.07. The van der Waals surface area contributed by atoms with Crippen LogP contribution in [0.5, 0.6) is 17.2 Å². The topological polar surface area (TPSA) is 56.8 Å². The van der Waals surface area contributed by atoms with Gasteiger partial charge in [-0.3, -0.25) is 4.79 Å². The van der Waals surface area contributed by atoms with E-state index >= 15 is 0 Å². The van der Waals surface area contributed by atoms with Crippen molar-refractivity contribution in [3.8, 4) is 17.2 Å². The number of methoxy groups -OCH3 is 1. The summed E-state index contributed by atoms with van der Waals surface area (Å²) in [6, 6.07) is 8.62. The van der Waals surface area contributed by atoms with Crippen molar-refractivity contribution in [2.45, 2.75) is 13.3 Å². The Bertz CT molecular complexity index is 776. The molecule has 0 spiro atoms. The van der Waals surface area contributed by atoms with Gasteiger partial charge in [-0.1, -0.05) is 17.7 Å².